The highest BCUT2D eigenvalue weighted by atomic mass is 127. The van der Waals surface area contributed by atoms with Gasteiger partial charge >= 0.3 is 0 Å². The molecule has 0 fully saturated rings. The van der Waals surface area contributed by atoms with Crippen molar-refractivity contribution >= 4 is 34.2 Å². The second-order valence-electron chi connectivity index (χ2n) is 4.33. The lowest BCUT2D eigenvalue weighted by Gasteiger charge is -2.08. The highest BCUT2D eigenvalue weighted by Crippen LogP contribution is 2.20. The van der Waals surface area contributed by atoms with Crippen LogP contribution in [0.1, 0.15) is 6.42 Å². The Morgan fingerprint density at radius 3 is 2.36 bits per heavy atom. The van der Waals surface area contributed by atoms with E-state index in [-0.39, 0.29) is 28.0 Å². The Bertz CT molecular complexity index is 671. The van der Waals surface area contributed by atoms with Crippen molar-refractivity contribution in [1.82, 2.24) is 0 Å². The lowest BCUT2D eigenvalue weighted by atomic mass is 10.3. The predicted octanol–water partition coefficient (Wildman–Crippen LogP) is 4.12. The van der Waals surface area contributed by atoms with Crippen LogP contribution in [0.25, 0.3) is 0 Å². The average Bonchev–Trinajstić information content (AvgIpc) is 2.46. The molecule has 0 aliphatic heterocycles. The van der Waals surface area contributed by atoms with E-state index in [1.807, 2.05) is 0 Å². The number of nitrogens with one attached hydrogen (secondary N) is 1. The molecule has 3 nitrogen and oxygen atoms in total. The van der Waals surface area contributed by atoms with E-state index in [0.717, 1.165) is 12.1 Å². The van der Waals surface area contributed by atoms with E-state index >= 15 is 0 Å². The maximum atomic E-state index is 13.3. The Hall–Kier alpha value is -1.77. The zero-order chi connectivity index (χ0) is 16.1. The van der Waals surface area contributed by atoms with Gasteiger partial charge in [0.05, 0.1) is 16.6 Å². The molecule has 22 heavy (non-hydrogen) atoms. The molecule has 0 saturated carbocycles. The minimum absolute atomic E-state index is 0.0197. The maximum Gasteiger partial charge on any atom is 0.227 e. The fourth-order valence-corrected chi connectivity index (χ4v) is 1.98. The molecule has 1 N–H and O–H groups in total. The van der Waals surface area contributed by atoms with Crippen molar-refractivity contribution in [2.75, 3.05) is 11.9 Å². The molecule has 0 aromatic heterocycles. The minimum Gasteiger partial charge on any atom is -0.490 e. The quantitative estimate of drug-likeness (QED) is 0.583. The summed E-state index contributed by atoms with van der Waals surface area (Å²) < 4.78 is 45.0. The number of halogens is 4. The Morgan fingerprint density at radius 2 is 1.73 bits per heavy atom. The monoisotopic (exact) mass is 421 g/mol. The lowest BCUT2D eigenvalue weighted by Crippen LogP contribution is -2.16. The fraction of sp³-hybridized carbons (Fsp3) is 0.133. The van der Waals surface area contributed by atoms with Crippen LogP contribution < -0.4 is 10.1 Å². The Morgan fingerprint density at radius 1 is 1.09 bits per heavy atom. The van der Waals surface area contributed by atoms with Crippen molar-refractivity contribution in [1.29, 1.82) is 0 Å². The number of rotatable bonds is 5. The van der Waals surface area contributed by atoms with E-state index in [9.17, 15) is 18.0 Å². The summed E-state index contributed by atoms with van der Waals surface area (Å²) in [6.45, 7) is -0.0535. The van der Waals surface area contributed by atoms with Gasteiger partial charge in [0.1, 0.15) is 11.6 Å². The first-order valence-electron chi connectivity index (χ1n) is 6.29. The van der Waals surface area contributed by atoms with Crippen LogP contribution in [0.4, 0.5) is 18.9 Å². The van der Waals surface area contributed by atoms with Crippen LogP contribution in [0.2, 0.25) is 0 Å². The highest BCUT2D eigenvalue weighted by molar-refractivity contribution is 14.1. The summed E-state index contributed by atoms with van der Waals surface area (Å²) in [4.78, 5) is 11.7. The second kappa shape index (κ2) is 7.48. The first-order chi connectivity index (χ1) is 10.5. The van der Waals surface area contributed by atoms with Crippen molar-refractivity contribution in [3.05, 3.63) is 57.4 Å². The third kappa shape index (κ3) is 4.36. The van der Waals surface area contributed by atoms with Gasteiger partial charge in [0, 0.05) is 5.69 Å². The Labute approximate surface area is 138 Å². The summed E-state index contributed by atoms with van der Waals surface area (Å²) in [6.07, 6.45) is -0.0798. The Kier molecular flexibility index (Phi) is 5.64. The number of hydrogen-bond acceptors (Lipinski definition) is 2. The van der Waals surface area contributed by atoms with Crippen LogP contribution in [-0.4, -0.2) is 12.5 Å². The lowest BCUT2D eigenvalue weighted by molar-refractivity contribution is -0.116. The van der Waals surface area contributed by atoms with Crippen LogP contribution in [0, 0.1) is 21.0 Å². The first kappa shape index (κ1) is 16.6. The molecule has 1 amide bonds. The molecule has 0 saturated heterocycles. The highest BCUT2D eigenvalue weighted by Gasteiger charge is 2.11. The minimum atomic E-state index is -0.751. The van der Waals surface area contributed by atoms with E-state index in [0.29, 0.717) is 0 Å². The molecular formula is C15H11F3INO2. The standard InChI is InChI=1S/C15H11F3INO2/c16-10-3-1-2-4-13(10)22-6-5-14(21)20-9-7-11(17)15(19)12(18)8-9/h1-4,7-8H,5-6H2,(H,20,21). The van der Waals surface area contributed by atoms with Gasteiger partial charge in [-0.15, -0.1) is 0 Å². The topological polar surface area (TPSA) is 38.3 Å². The number of hydrogen-bond donors (Lipinski definition) is 1. The molecular weight excluding hydrogens is 410 g/mol. The van der Waals surface area contributed by atoms with Crippen molar-refractivity contribution in [3.8, 4) is 5.75 Å². The van der Waals surface area contributed by atoms with Gasteiger partial charge in [-0.1, -0.05) is 12.1 Å². The Balaban J connectivity index is 1.87. The number of ether oxygens (including phenoxy) is 1. The SMILES string of the molecule is O=C(CCOc1ccccc1F)Nc1cc(F)c(I)c(F)c1. The second-order valence-corrected chi connectivity index (χ2v) is 5.41. The summed E-state index contributed by atoms with van der Waals surface area (Å²) in [5, 5.41) is 2.36. The summed E-state index contributed by atoms with van der Waals surface area (Å²) in [5.74, 6) is -2.47. The number of anilines is 1. The van der Waals surface area contributed by atoms with Crippen LogP contribution >= 0.6 is 22.6 Å². The van der Waals surface area contributed by atoms with E-state index in [1.54, 1.807) is 6.07 Å². The van der Waals surface area contributed by atoms with E-state index < -0.39 is 23.4 Å². The van der Waals surface area contributed by atoms with E-state index in [2.05, 4.69) is 5.32 Å². The number of benzene rings is 2. The zero-order valence-electron chi connectivity index (χ0n) is 11.2. The number of amides is 1. The molecule has 0 atom stereocenters. The molecule has 0 unspecified atom stereocenters. The summed E-state index contributed by atoms with van der Waals surface area (Å²) in [5.41, 5.74) is 0.0197. The van der Waals surface area contributed by atoms with Gasteiger partial charge in [0.2, 0.25) is 5.91 Å². The first-order valence-corrected chi connectivity index (χ1v) is 7.37. The molecule has 0 radical (unpaired) electrons. The summed E-state index contributed by atoms with van der Waals surface area (Å²) in [7, 11) is 0. The van der Waals surface area contributed by atoms with Crippen molar-refractivity contribution in [3.63, 3.8) is 0 Å². The normalized spacial score (nSPS) is 10.4. The smallest absolute Gasteiger partial charge is 0.227 e. The third-order valence-electron chi connectivity index (χ3n) is 2.69. The van der Waals surface area contributed by atoms with Crippen LogP contribution in [-0.2, 0) is 4.79 Å². The number of carbonyl (C=O) groups excluding carboxylic acids is 1. The molecule has 2 rings (SSSR count). The van der Waals surface area contributed by atoms with E-state index in [4.69, 9.17) is 4.74 Å². The molecule has 0 spiro atoms. The molecule has 0 heterocycles. The van der Waals surface area contributed by atoms with Gasteiger partial charge < -0.3 is 10.1 Å². The summed E-state index contributed by atoms with van der Waals surface area (Å²) in [6, 6.07) is 7.87. The van der Waals surface area contributed by atoms with Gasteiger partial charge in [0.25, 0.3) is 0 Å². The van der Waals surface area contributed by atoms with Gasteiger partial charge in [-0.05, 0) is 46.9 Å². The van der Waals surface area contributed by atoms with Crippen LogP contribution in [0.5, 0.6) is 5.75 Å². The average molecular weight is 421 g/mol. The van der Waals surface area contributed by atoms with Crippen LogP contribution in [0.3, 0.4) is 0 Å². The van der Waals surface area contributed by atoms with Gasteiger partial charge in [-0.3, -0.25) is 4.79 Å². The zero-order valence-corrected chi connectivity index (χ0v) is 13.4. The number of carbonyl (C=O) groups is 1. The third-order valence-corrected chi connectivity index (χ3v) is 3.72. The molecule has 0 aliphatic carbocycles. The molecule has 2 aromatic rings. The van der Waals surface area contributed by atoms with Crippen molar-refractivity contribution in [2.24, 2.45) is 0 Å². The molecule has 0 bridgehead atoms. The van der Waals surface area contributed by atoms with Gasteiger partial charge in [-0.2, -0.15) is 0 Å². The van der Waals surface area contributed by atoms with E-state index in [1.165, 1.54) is 40.8 Å². The van der Waals surface area contributed by atoms with Crippen molar-refractivity contribution < 1.29 is 22.7 Å². The molecule has 2 aromatic carbocycles. The largest absolute Gasteiger partial charge is 0.490 e. The number of para-hydroxylation sites is 1. The molecule has 7 heteroatoms. The van der Waals surface area contributed by atoms with Gasteiger partial charge in [-0.25, -0.2) is 13.2 Å². The van der Waals surface area contributed by atoms with Crippen LogP contribution in [0.15, 0.2) is 36.4 Å². The fourth-order valence-electron chi connectivity index (χ4n) is 1.67. The molecule has 116 valence electrons. The van der Waals surface area contributed by atoms with Gasteiger partial charge in [0.15, 0.2) is 11.6 Å². The predicted molar refractivity (Wildman–Crippen MR) is 84.2 cm³/mol. The summed E-state index contributed by atoms with van der Waals surface area (Å²) >= 11 is 1.53. The molecule has 0 aliphatic rings. The van der Waals surface area contributed by atoms with Crippen molar-refractivity contribution in [2.45, 2.75) is 6.42 Å². The maximum absolute atomic E-state index is 13.3.